The van der Waals surface area contributed by atoms with E-state index >= 15 is 0 Å². The van der Waals surface area contributed by atoms with Crippen molar-refractivity contribution in [1.82, 2.24) is 0 Å². The van der Waals surface area contributed by atoms with Crippen LogP contribution in [0.5, 0.6) is 0 Å². The second kappa shape index (κ2) is 14.1. The first-order chi connectivity index (χ1) is 4.54. The zero-order chi connectivity index (χ0) is 8.57. The van der Waals surface area contributed by atoms with E-state index in [9.17, 15) is 0 Å². The van der Waals surface area contributed by atoms with Gasteiger partial charge in [-0.15, -0.1) is 0 Å². The fourth-order valence-corrected chi connectivity index (χ4v) is 0. The van der Waals surface area contributed by atoms with Gasteiger partial charge in [-0.25, -0.2) is 0 Å². The van der Waals surface area contributed by atoms with Crippen LogP contribution in [0, 0.1) is 11.8 Å². The van der Waals surface area contributed by atoms with Crippen molar-refractivity contribution in [3.8, 4) is 0 Å². The fraction of sp³-hybridized carbons (Fsp3) is 1.00. The van der Waals surface area contributed by atoms with E-state index in [0.29, 0.717) is 25.0 Å². The summed E-state index contributed by atoms with van der Waals surface area (Å²) in [6.45, 7) is 8.50. The normalized spacial score (nSPS) is 8.73. The minimum absolute atomic E-state index is 0. The Hall–Kier alpha value is 1.56. The molecule has 0 fully saturated rings. The van der Waals surface area contributed by atoms with Crippen LogP contribution in [0.15, 0.2) is 0 Å². The van der Waals surface area contributed by atoms with Crippen molar-refractivity contribution < 1.29 is 63.0 Å². The second-order valence-electron chi connectivity index (χ2n) is 3.15. The Bertz CT molecular complexity index is 53.0. The molecule has 0 saturated heterocycles. The van der Waals surface area contributed by atoms with Crippen molar-refractivity contribution in [3.63, 3.8) is 0 Å². The van der Waals surface area contributed by atoms with E-state index in [-0.39, 0.29) is 52.8 Å². The Morgan fingerprint density at radius 1 is 0.909 bits per heavy atom. The van der Waals surface area contributed by atoms with Gasteiger partial charge in [0.05, 0.1) is 0 Å². The molecule has 3 heteroatoms. The molecular weight excluding hydrogens is 167 g/mol. The molecule has 0 aromatic carbocycles. The molecule has 0 aromatic heterocycles. The molecule has 0 radical (unpaired) electrons. The van der Waals surface area contributed by atoms with Crippen molar-refractivity contribution in [2.24, 2.45) is 11.8 Å². The maximum atomic E-state index is 8.14. The molecule has 66 valence electrons. The van der Waals surface area contributed by atoms with Gasteiger partial charge in [0, 0.05) is 13.2 Å². The third kappa shape index (κ3) is 34.2. The van der Waals surface area contributed by atoms with Crippen LogP contribution in [0.4, 0.5) is 0 Å². The number of rotatable bonds is 2. The first-order valence-corrected chi connectivity index (χ1v) is 3.76. The van der Waals surface area contributed by atoms with Gasteiger partial charge >= 0.3 is 51.4 Å². The van der Waals surface area contributed by atoms with E-state index in [1.54, 1.807) is 0 Å². The predicted molar refractivity (Wildman–Crippen MR) is 45.0 cm³/mol. The summed E-state index contributed by atoms with van der Waals surface area (Å²) in [4.78, 5) is 0. The van der Waals surface area contributed by atoms with E-state index in [1.807, 2.05) is 27.7 Å². The molecule has 0 amide bonds. The maximum Gasteiger partial charge on any atom is 1.00 e. The van der Waals surface area contributed by atoms with Crippen molar-refractivity contribution in [1.29, 1.82) is 0 Å². The van der Waals surface area contributed by atoms with E-state index in [4.69, 9.17) is 10.2 Å². The molecule has 11 heavy (non-hydrogen) atoms. The van der Waals surface area contributed by atoms with Gasteiger partial charge in [-0.05, 0) is 11.8 Å². The first-order valence-electron chi connectivity index (χ1n) is 3.76. The number of aliphatic hydroxyl groups excluding tert-OH is 2. The van der Waals surface area contributed by atoms with Crippen LogP contribution in [0.2, 0.25) is 0 Å². The van der Waals surface area contributed by atoms with Crippen LogP contribution in [-0.2, 0) is 0 Å². The van der Waals surface area contributed by atoms with E-state index in [1.165, 1.54) is 0 Å². The topological polar surface area (TPSA) is 40.5 Å². The fourth-order valence-electron chi connectivity index (χ4n) is 0. The molecule has 0 aliphatic heterocycles. The summed E-state index contributed by atoms with van der Waals surface area (Å²) in [6, 6.07) is 0. The Morgan fingerprint density at radius 2 is 1.00 bits per heavy atom. The Balaban J connectivity index is -0.0000000457. The molecule has 0 atom stereocenters. The third-order valence-corrected chi connectivity index (χ3v) is 0.730. The number of aliphatic hydroxyl groups is 2. The SMILES string of the molecule is CC(C)CO.CC(C)CO.[H-].[K+]. The van der Waals surface area contributed by atoms with Crippen molar-refractivity contribution in [3.05, 3.63) is 0 Å². The maximum absolute atomic E-state index is 8.14. The molecule has 0 rings (SSSR count). The minimum atomic E-state index is 0. The number of hydrogen-bond donors (Lipinski definition) is 2. The van der Waals surface area contributed by atoms with Gasteiger partial charge in [0.25, 0.3) is 0 Å². The van der Waals surface area contributed by atoms with Gasteiger partial charge in [-0.1, -0.05) is 27.7 Å². The molecule has 2 nitrogen and oxygen atoms in total. The Morgan fingerprint density at radius 3 is 1.00 bits per heavy atom. The number of hydrogen-bond acceptors (Lipinski definition) is 2. The monoisotopic (exact) mass is 188 g/mol. The Kier molecular flexibility index (Phi) is 23.5. The quantitative estimate of drug-likeness (QED) is 0.512. The van der Waals surface area contributed by atoms with E-state index < -0.39 is 0 Å². The molecule has 0 bridgehead atoms. The van der Waals surface area contributed by atoms with Gasteiger partial charge in [0.2, 0.25) is 0 Å². The van der Waals surface area contributed by atoms with Crippen LogP contribution in [0.3, 0.4) is 0 Å². The zero-order valence-electron chi connectivity index (χ0n) is 9.46. The molecular formula is C8H21KO2. The standard InChI is InChI=1S/2C4H10O.K.H/c2*1-4(2)3-5;;/h2*4-5H,3H2,1-2H3;;/q;;+1;-1. The van der Waals surface area contributed by atoms with E-state index in [2.05, 4.69) is 0 Å². The third-order valence-electron chi connectivity index (χ3n) is 0.730. The zero-order valence-corrected chi connectivity index (χ0v) is 11.6. The summed E-state index contributed by atoms with van der Waals surface area (Å²) >= 11 is 0. The molecule has 2 N–H and O–H groups in total. The van der Waals surface area contributed by atoms with Crippen LogP contribution in [0.25, 0.3) is 0 Å². The molecule has 0 spiro atoms. The van der Waals surface area contributed by atoms with Crippen molar-refractivity contribution in [2.45, 2.75) is 27.7 Å². The van der Waals surface area contributed by atoms with Crippen LogP contribution in [0.1, 0.15) is 29.1 Å². The average molecular weight is 188 g/mol. The van der Waals surface area contributed by atoms with Crippen LogP contribution in [-0.4, -0.2) is 23.4 Å². The second-order valence-corrected chi connectivity index (χ2v) is 3.15. The summed E-state index contributed by atoms with van der Waals surface area (Å²) in [7, 11) is 0. The summed E-state index contributed by atoms with van der Waals surface area (Å²) in [5.74, 6) is 0.880. The van der Waals surface area contributed by atoms with Crippen molar-refractivity contribution >= 4 is 0 Å². The minimum Gasteiger partial charge on any atom is -1.00 e. The molecule has 0 aliphatic carbocycles. The summed E-state index contributed by atoms with van der Waals surface area (Å²) < 4.78 is 0. The van der Waals surface area contributed by atoms with Crippen LogP contribution < -0.4 is 51.4 Å². The van der Waals surface area contributed by atoms with Crippen LogP contribution >= 0.6 is 0 Å². The molecule has 0 heterocycles. The van der Waals surface area contributed by atoms with E-state index in [0.717, 1.165) is 0 Å². The molecule has 0 saturated carbocycles. The van der Waals surface area contributed by atoms with Gasteiger partial charge < -0.3 is 11.6 Å². The molecule has 0 aromatic rings. The van der Waals surface area contributed by atoms with Gasteiger partial charge in [-0.2, -0.15) is 0 Å². The summed E-state index contributed by atoms with van der Waals surface area (Å²) in [5.41, 5.74) is 0. The first kappa shape index (κ1) is 18.4. The smallest absolute Gasteiger partial charge is 1.00 e. The van der Waals surface area contributed by atoms with Gasteiger partial charge in [-0.3, -0.25) is 0 Å². The summed E-state index contributed by atoms with van der Waals surface area (Å²) in [5, 5.41) is 16.3. The molecule has 0 aliphatic rings. The summed E-state index contributed by atoms with van der Waals surface area (Å²) in [6.07, 6.45) is 0. The van der Waals surface area contributed by atoms with Gasteiger partial charge in [0.15, 0.2) is 0 Å². The van der Waals surface area contributed by atoms with Gasteiger partial charge in [0.1, 0.15) is 0 Å². The predicted octanol–water partition coefficient (Wildman–Crippen LogP) is -1.61. The molecule has 0 unspecified atom stereocenters. The average Bonchev–Trinajstić information content (AvgIpc) is 1.89. The Labute approximate surface area is 114 Å². The van der Waals surface area contributed by atoms with Crippen molar-refractivity contribution in [2.75, 3.05) is 13.2 Å². The largest absolute Gasteiger partial charge is 1.00 e.